The smallest absolute Gasteiger partial charge is 0.342 e. The average molecular weight is 555 g/mol. The molecule has 5 aromatic rings. The van der Waals surface area contributed by atoms with Crippen molar-refractivity contribution < 1.29 is 19.4 Å². The first kappa shape index (κ1) is 26.6. The van der Waals surface area contributed by atoms with E-state index in [0.29, 0.717) is 28.0 Å². The predicted molar refractivity (Wildman–Crippen MR) is 155 cm³/mol. The topological polar surface area (TPSA) is 89.4 Å². The van der Waals surface area contributed by atoms with Crippen LogP contribution >= 0.6 is 23.1 Å². The van der Waals surface area contributed by atoms with Crippen LogP contribution in [-0.2, 0) is 21.7 Å². The molecule has 3 aromatic carbocycles. The highest BCUT2D eigenvalue weighted by Gasteiger charge is 2.49. The van der Waals surface area contributed by atoms with Crippen LogP contribution < -0.4 is 0 Å². The van der Waals surface area contributed by atoms with Gasteiger partial charge in [0, 0.05) is 17.6 Å². The molecule has 1 aliphatic heterocycles. The summed E-state index contributed by atoms with van der Waals surface area (Å²) in [4.78, 5) is 23.7. The second-order valence-electron chi connectivity index (χ2n) is 9.53. The van der Waals surface area contributed by atoms with Crippen LogP contribution in [0.15, 0.2) is 83.7 Å². The van der Waals surface area contributed by atoms with E-state index in [1.807, 2.05) is 98.9 Å². The first-order valence-corrected chi connectivity index (χ1v) is 13.9. The van der Waals surface area contributed by atoms with Gasteiger partial charge in [0.2, 0.25) is 0 Å². The number of aldehydes is 1. The van der Waals surface area contributed by atoms with Crippen LogP contribution in [0.5, 0.6) is 0 Å². The lowest BCUT2D eigenvalue weighted by Crippen LogP contribution is -2.28. The van der Waals surface area contributed by atoms with Crippen LogP contribution in [0.2, 0.25) is 0 Å². The minimum Gasteiger partial charge on any atom is -0.420 e. The number of rotatable bonds is 5. The average Bonchev–Trinajstić information content (AvgIpc) is 3.64. The molecule has 8 heteroatoms. The maximum atomic E-state index is 13.0. The Labute approximate surface area is 234 Å². The van der Waals surface area contributed by atoms with Gasteiger partial charge in [0.1, 0.15) is 17.3 Å². The molecule has 0 fully saturated rings. The molecular formula is C31H26N2O4S2. The number of carbonyl (C=O) groups is 2. The summed E-state index contributed by atoms with van der Waals surface area (Å²) in [6, 6.07) is 22.9. The van der Waals surface area contributed by atoms with Crippen molar-refractivity contribution in [3.05, 3.63) is 122 Å². The summed E-state index contributed by atoms with van der Waals surface area (Å²) in [7, 11) is 0. The first-order chi connectivity index (χ1) is 18.8. The number of fused-ring (bicyclic) bond motifs is 1. The zero-order chi connectivity index (χ0) is 27.6. The number of thiophene rings is 1. The molecular weight excluding hydrogens is 528 g/mol. The molecule has 0 bridgehead atoms. The number of ether oxygens (including phenoxy) is 1. The minimum atomic E-state index is -1.79. The molecule has 1 N–H and O–H groups in total. The molecule has 0 spiro atoms. The van der Waals surface area contributed by atoms with E-state index in [9.17, 15) is 14.7 Å². The lowest BCUT2D eigenvalue weighted by atomic mass is 9.90. The van der Waals surface area contributed by atoms with Crippen molar-refractivity contribution in [3.63, 3.8) is 0 Å². The molecule has 1 unspecified atom stereocenters. The summed E-state index contributed by atoms with van der Waals surface area (Å²) in [5.74, 6) is -2.32. The van der Waals surface area contributed by atoms with Gasteiger partial charge in [0.15, 0.2) is 0 Å². The van der Waals surface area contributed by atoms with Crippen LogP contribution in [-0.4, -0.2) is 26.1 Å². The van der Waals surface area contributed by atoms with Crippen LogP contribution in [0.25, 0.3) is 16.6 Å². The Morgan fingerprint density at radius 2 is 1.54 bits per heavy atom. The van der Waals surface area contributed by atoms with Gasteiger partial charge in [-0.1, -0.05) is 65.7 Å². The number of nitrogens with zero attached hydrogens (tertiary/aromatic N) is 2. The van der Waals surface area contributed by atoms with Gasteiger partial charge in [-0.25, -0.2) is 4.79 Å². The van der Waals surface area contributed by atoms with Crippen molar-refractivity contribution in [3.8, 4) is 0 Å². The molecule has 2 aromatic heterocycles. The zero-order valence-electron chi connectivity index (χ0n) is 21.7. The van der Waals surface area contributed by atoms with E-state index in [0.717, 1.165) is 51.3 Å². The van der Waals surface area contributed by atoms with Crippen molar-refractivity contribution in [2.24, 2.45) is 0 Å². The molecule has 6 rings (SSSR count). The fourth-order valence-corrected chi connectivity index (χ4v) is 5.82. The number of benzene rings is 3. The molecule has 1 aliphatic rings. The van der Waals surface area contributed by atoms with Crippen molar-refractivity contribution in [2.45, 2.75) is 33.0 Å². The van der Waals surface area contributed by atoms with E-state index in [-0.39, 0.29) is 0 Å². The molecule has 0 radical (unpaired) electrons. The molecule has 0 saturated heterocycles. The summed E-state index contributed by atoms with van der Waals surface area (Å²) in [6.07, 6.45) is 1.24. The highest BCUT2D eigenvalue weighted by Crippen LogP contribution is 2.46. The summed E-state index contributed by atoms with van der Waals surface area (Å²) in [6.45, 7) is 5.97. The molecule has 0 saturated carbocycles. The lowest BCUT2D eigenvalue weighted by Gasteiger charge is -2.24. The number of cyclic esters (lactones) is 1. The predicted octanol–water partition coefficient (Wildman–Crippen LogP) is 6.58. The van der Waals surface area contributed by atoms with Crippen LogP contribution in [0.4, 0.5) is 0 Å². The van der Waals surface area contributed by atoms with Gasteiger partial charge in [-0.05, 0) is 61.0 Å². The minimum absolute atomic E-state index is 0.388. The van der Waals surface area contributed by atoms with Gasteiger partial charge in [0.25, 0.3) is 5.79 Å². The summed E-state index contributed by atoms with van der Waals surface area (Å²) >= 11 is 2.51. The Bertz CT molecular complexity index is 1680. The number of esters is 1. The second-order valence-corrected chi connectivity index (χ2v) is 11.0. The van der Waals surface area contributed by atoms with E-state index in [2.05, 4.69) is 8.75 Å². The second kappa shape index (κ2) is 11.0. The van der Waals surface area contributed by atoms with E-state index in [1.165, 1.54) is 16.9 Å². The standard InChI is InChI=1S/C23H18N2O3S2.C8H8O/c1-13-3-5-15(6-4-13)10-17-21(16-7-8-18-19(11-16)25-30-24-18)22(26)28-23(17,27)20-9-14(2)12-29-20;1-7-2-4-8(6-9)5-3-7/h3-9,11-12,27H,10H2,1-2H3;2-6H,1H3. The third-order valence-electron chi connectivity index (χ3n) is 6.48. The van der Waals surface area contributed by atoms with E-state index >= 15 is 0 Å². The number of aryl methyl sites for hydroxylation is 3. The zero-order valence-corrected chi connectivity index (χ0v) is 23.3. The molecule has 0 amide bonds. The van der Waals surface area contributed by atoms with Crippen molar-refractivity contribution in [2.75, 3.05) is 0 Å². The third-order valence-corrected chi connectivity index (χ3v) is 8.17. The Balaban J connectivity index is 0.000000292. The van der Waals surface area contributed by atoms with Crippen LogP contribution in [0.3, 0.4) is 0 Å². The van der Waals surface area contributed by atoms with E-state index in [4.69, 9.17) is 4.74 Å². The van der Waals surface area contributed by atoms with Gasteiger partial charge in [-0.2, -0.15) is 8.75 Å². The van der Waals surface area contributed by atoms with Crippen molar-refractivity contribution >= 4 is 51.9 Å². The highest BCUT2D eigenvalue weighted by atomic mass is 32.1. The van der Waals surface area contributed by atoms with Gasteiger partial charge in [-0.15, -0.1) is 11.3 Å². The highest BCUT2D eigenvalue weighted by molar-refractivity contribution is 7.10. The molecule has 39 heavy (non-hydrogen) atoms. The number of hydrogen-bond acceptors (Lipinski definition) is 8. The third kappa shape index (κ3) is 5.59. The normalized spacial score (nSPS) is 16.7. The van der Waals surface area contributed by atoms with Gasteiger partial charge in [0.05, 0.1) is 22.2 Å². The molecule has 1 atom stereocenters. The Kier molecular flexibility index (Phi) is 7.52. The number of aromatic nitrogens is 2. The van der Waals surface area contributed by atoms with Crippen molar-refractivity contribution in [1.29, 1.82) is 0 Å². The van der Waals surface area contributed by atoms with Crippen LogP contribution in [0, 0.1) is 20.8 Å². The van der Waals surface area contributed by atoms with Crippen LogP contribution in [0.1, 0.15) is 43.1 Å². The molecule has 6 nitrogen and oxygen atoms in total. The Morgan fingerprint density at radius 3 is 2.18 bits per heavy atom. The number of carbonyl (C=O) groups excluding carboxylic acids is 2. The summed E-state index contributed by atoms with van der Waals surface area (Å²) < 4.78 is 14.2. The first-order valence-electron chi connectivity index (χ1n) is 12.3. The lowest BCUT2D eigenvalue weighted by molar-refractivity contribution is -0.184. The quantitative estimate of drug-likeness (QED) is 0.195. The fraction of sp³-hybridized carbons (Fsp3) is 0.161. The van der Waals surface area contributed by atoms with Gasteiger partial charge in [-0.3, -0.25) is 4.79 Å². The number of hydrogen-bond donors (Lipinski definition) is 1. The van der Waals surface area contributed by atoms with Gasteiger partial charge < -0.3 is 9.84 Å². The SMILES string of the molecule is Cc1ccc(C=O)cc1.Cc1ccc(CC2=C(c3ccc4nsnc4c3)C(=O)OC2(O)c2cc(C)cs2)cc1. The molecule has 3 heterocycles. The monoisotopic (exact) mass is 554 g/mol. The maximum absolute atomic E-state index is 13.0. The van der Waals surface area contributed by atoms with Crippen molar-refractivity contribution in [1.82, 2.24) is 8.75 Å². The molecule has 196 valence electrons. The van der Waals surface area contributed by atoms with E-state index < -0.39 is 11.8 Å². The Hall–Kier alpha value is -3.98. The summed E-state index contributed by atoms with van der Waals surface area (Å²) in [5, 5.41) is 13.6. The Morgan fingerprint density at radius 1 is 0.872 bits per heavy atom. The number of aliphatic hydroxyl groups is 1. The fourth-order valence-electron chi connectivity index (χ4n) is 4.34. The summed E-state index contributed by atoms with van der Waals surface area (Å²) in [5.41, 5.74) is 8.17. The maximum Gasteiger partial charge on any atom is 0.342 e. The van der Waals surface area contributed by atoms with E-state index in [1.54, 1.807) is 0 Å². The van der Waals surface area contributed by atoms with Gasteiger partial charge >= 0.3 is 5.97 Å². The largest absolute Gasteiger partial charge is 0.420 e. The molecule has 0 aliphatic carbocycles.